The summed E-state index contributed by atoms with van der Waals surface area (Å²) in [5, 5.41) is -0.451. The van der Waals surface area contributed by atoms with Crippen LogP contribution in [0, 0.1) is 13.8 Å². The maximum atomic E-state index is 11.7. The van der Waals surface area contributed by atoms with Crippen LogP contribution in [-0.2, 0) is 18.9 Å². The molecule has 0 unspecified atom stereocenters. The van der Waals surface area contributed by atoms with Gasteiger partial charge in [-0.25, -0.2) is 16.8 Å². The van der Waals surface area contributed by atoms with Crippen LogP contribution in [0.15, 0.2) is 17.0 Å². The van der Waals surface area contributed by atoms with Gasteiger partial charge in [-0.3, -0.25) is 0 Å². The molecule has 0 atom stereocenters. The predicted molar refractivity (Wildman–Crippen MR) is 83.4 cm³/mol. The lowest BCUT2D eigenvalue weighted by Crippen LogP contribution is -2.22. The number of ether oxygens (including phenoxy) is 1. The fourth-order valence-corrected chi connectivity index (χ4v) is 3.73. The Morgan fingerprint density at radius 1 is 1.10 bits per heavy atom. The van der Waals surface area contributed by atoms with Crippen molar-refractivity contribution in [1.82, 2.24) is 0 Å². The summed E-state index contributed by atoms with van der Waals surface area (Å²) in [5.74, 6) is 0.370. The first-order valence-electron chi connectivity index (χ1n) is 6.35. The molecule has 8 heteroatoms. The van der Waals surface area contributed by atoms with Crippen molar-refractivity contribution in [3.8, 4) is 5.75 Å². The van der Waals surface area contributed by atoms with E-state index in [2.05, 4.69) is 0 Å². The summed E-state index contributed by atoms with van der Waals surface area (Å²) in [6.07, 6.45) is 0. The summed E-state index contributed by atoms with van der Waals surface area (Å²) in [4.78, 5) is 0.0313. The number of halogens is 1. The van der Waals surface area contributed by atoms with Crippen molar-refractivity contribution in [2.75, 3.05) is 12.4 Å². The number of hydrogen-bond donors (Lipinski definition) is 0. The molecule has 1 aromatic carbocycles. The van der Waals surface area contributed by atoms with Crippen LogP contribution in [0.25, 0.3) is 0 Å². The first kappa shape index (κ1) is 18.3. The van der Waals surface area contributed by atoms with Gasteiger partial charge in [0.25, 0.3) is 9.05 Å². The lowest BCUT2D eigenvalue weighted by Gasteiger charge is -2.13. The number of sulfone groups is 1. The highest BCUT2D eigenvalue weighted by atomic mass is 35.7. The molecule has 0 aliphatic rings. The van der Waals surface area contributed by atoms with Crippen molar-refractivity contribution in [3.63, 3.8) is 0 Å². The molecule has 0 saturated carbocycles. The SMILES string of the molecule is Cc1cc(S(=O)(=O)Cl)c(C)cc1OCCS(=O)(=O)C(C)C. The molecule has 0 aromatic heterocycles. The predicted octanol–water partition coefficient (Wildman–Crippen LogP) is 2.43. The molecule has 1 rings (SSSR count). The van der Waals surface area contributed by atoms with Crippen LogP contribution in [0.1, 0.15) is 25.0 Å². The molecule has 0 aliphatic carbocycles. The number of rotatable bonds is 6. The average Bonchev–Trinajstić information content (AvgIpc) is 2.31. The number of hydrogen-bond acceptors (Lipinski definition) is 5. The van der Waals surface area contributed by atoms with Crippen LogP contribution < -0.4 is 4.74 Å². The molecule has 0 N–H and O–H groups in total. The normalized spacial score (nSPS) is 12.7. The van der Waals surface area contributed by atoms with E-state index in [0.717, 1.165) is 0 Å². The van der Waals surface area contributed by atoms with Crippen molar-refractivity contribution >= 4 is 29.6 Å². The molecule has 0 aliphatic heterocycles. The van der Waals surface area contributed by atoms with Gasteiger partial charge >= 0.3 is 0 Å². The monoisotopic (exact) mass is 354 g/mol. The van der Waals surface area contributed by atoms with Gasteiger partial charge in [0.05, 0.1) is 15.9 Å². The Bertz CT molecular complexity index is 721. The molecule has 0 bridgehead atoms. The van der Waals surface area contributed by atoms with Gasteiger partial charge in [-0.05, 0) is 51.0 Å². The van der Waals surface area contributed by atoms with Crippen LogP contribution in [0.4, 0.5) is 0 Å². The van der Waals surface area contributed by atoms with Gasteiger partial charge in [0, 0.05) is 10.7 Å². The summed E-state index contributed by atoms with van der Waals surface area (Å²) >= 11 is 0. The molecular formula is C13H19ClO5S2. The molecule has 5 nitrogen and oxygen atoms in total. The fraction of sp³-hybridized carbons (Fsp3) is 0.538. The van der Waals surface area contributed by atoms with Gasteiger partial charge in [-0.2, -0.15) is 0 Å². The van der Waals surface area contributed by atoms with E-state index in [1.807, 2.05) is 0 Å². The highest BCUT2D eigenvalue weighted by Crippen LogP contribution is 2.27. The Hall–Kier alpha value is -0.790. The first-order chi connectivity index (χ1) is 9.45. The van der Waals surface area contributed by atoms with Crippen molar-refractivity contribution < 1.29 is 21.6 Å². The van der Waals surface area contributed by atoms with Crippen LogP contribution >= 0.6 is 10.7 Å². The summed E-state index contributed by atoms with van der Waals surface area (Å²) in [6, 6.07) is 2.97. The second-order valence-electron chi connectivity index (χ2n) is 5.09. The zero-order valence-electron chi connectivity index (χ0n) is 12.4. The number of benzene rings is 1. The van der Waals surface area contributed by atoms with Crippen LogP contribution in [0.2, 0.25) is 0 Å². The van der Waals surface area contributed by atoms with Gasteiger partial charge in [0.2, 0.25) is 0 Å². The molecule has 0 saturated heterocycles. The molecule has 0 spiro atoms. The standard InChI is InChI=1S/C13H19ClO5S2/c1-9(2)20(15,16)6-5-19-12-7-11(4)13(8-10(12)3)21(14,17)18/h7-9H,5-6H2,1-4H3. The maximum absolute atomic E-state index is 11.7. The maximum Gasteiger partial charge on any atom is 0.261 e. The molecule has 0 fully saturated rings. The van der Waals surface area contributed by atoms with Gasteiger partial charge in [-0.15, -0.1) is 0 Å². The third-order valence-electron chi connectivity index (χ3n) is 3.08. The minimum absolute atomic E-state index is 0.0216. The van der Waals surface area contributed by atoms with E-state index in [0.29, 0.717) is 16.9 Å². The molecule has 0 radical (unpaired) electrons. The smallest absolute Gasteiger partial charge is 0.261 e. The second-order valence-corrected chi connectivity index (χ2v) is 10.3. The first-order valence-corrected chi connectivity index (χ1v) is 10.4. The van der Waals surface area contributed by atoms with E-state index in [4.69, 9.17) is 15.4 Å². The topological polar surface area (TPSA) is 77.5 Å². The Kier molecular flexibility index (Phi) is 5.69. The summed E-state index contributed by atoms with van der Waals surface area (Å²) in [7, 11) is -1.63. The van der Waals surface area contributed by atoms with Crippen molar-refractivity contribution in [1.29, 1.82) is 0 Å². The molecule has 0 amide bonds. The van der Waals surface area contributed by atoms with E-state index in [-0.39, 0.29) is 17.3 Å². The lowest BCUT2D eigenvalue weighted by atomic mass is 10.1. The Labute approximate surface area is 130 Å². The Morgan fingerprint density at radius 2 is 1.67 bits per heavy atom. The van der Waals surface area contributed by atoms with Crippen LogP contribution in [-0.4, -0.2) is 34.4 Å². The minimum Gasteiger partial charge on any atom is -0.492 e. The third kappa shape index (κ3) is 4.86. The van der Waals surface area contributed by atoms with E-state index < -0.39 is 24.1 Å². The quantitative estimate of drug-likeness (QED) is 0.733. The summed E-state index contributed by atoms with van der Waals surface area (Å²) < 4.78 is 51.6. The Balaban J connectivity index is 2.90. The van der Waals surface area contributed by atoms with Crippen molar-refractivity contribution in [2.45, 2.75) is 37.8 Å². The lowest BCUT2D eigenvalue weighted by molar-refractivity contribution is 0.337. The minimum atomic E-state index is -3.81. The van der Waals surface area contributed by atoms with Gasteiger partial charge in [0.15, 0.2) is 9.84 Å². The molecule has 0 heterocycles. The second kappa shape index (κ2) is 6.54. The molecule has 120 valence electrons. The van der Waals surface area contributed by atoms with E-state index in [1.54, 1.807) is 33.8 Å². The van der Waals surface area contributed by atoms with Crippen LogP contribution in [0.5, 0.6) is 5.75 Å². The molecule has 21 heavy (non-hydrogen) atoms. The summed E-state index contributed by atoms with van der Waals surface area (Å²) in [6.45, 7) is 6.53. The molecular weight excluding hydrogens is 336 g/mol. The van der Waals surface area contributed by atoms with E-state index in [1.165, 1.54) is 6.07 Å². The number of aryl methyl sites for hydroxylation is 2. The van der Waals surface area contributed by atoms with E-state index in [9.17, 15) is 16.8 Å². The fourth-order valence-electron chi connectivity index (χ4n) is 1.68. The molecule has 1 aromatic rings. The van der Waals surface area contributed by atoms with Crippen molar-refractivity contribution in [3.05, 3.63) is 23.3 Å². The largest absolute Gasteiger partial charge is 0.492 e. The summed E-state index contributed by atoms with van der Waals surface area (Å²) in [5.41, 5.74) is 1.04. The Morgan fingerprint density at radius 3 is 2.14 bits per heavy atom. The highest BCUT2D eigenvalue weighted by molar-refractivity contribution is 8.13. The zero-order chi connectivity index (χ0) is 16.4. The van der Waals surface area contributed by atoms with Gasteiger partial charge in [-0.1, -0.05) is 0 Å². The third-order valence-corrected chi connectivity index (χ3v) is 6.71. The van der Waals surface area contributed by atoms with Gasteiger partial charge in [0.1, 0.15) is 12.4 Å². The van der Waals surface area contributed by atoms with Crippen LogP contribution in [0.3, 0.4) is 0 Å². The van der Waals surface area contributed by atoms with E-state index >= 15 is 0 Å². The van der Waals surface area contributed by atoms with Gasteiger partial charge < -0.3 is 4.74 Å². The highest BCUT2D eigenvalue weighted by Gasteiger charge is 2.18. The average molecular weight is 355 g/mol. The van der Waals surface area contributed by atoms with Crippen molar-refractivity contribution in [2.24, 2.45) is 0 Å². The zero-order valence-corrected chi connectivity index (χ0v) is 14.8.